The average Bonchev–Trinajstić information content (AvgIpc) is 2.91. The number of benzene rings is 2. The fourth-order valence-corrected chi connectivity index (χ4v) is 2.21. The average molecular weight is 320 g/mol. The second-order valence-corrected chi connectivity index (χ2v) is 5.29. The molecule has 6 heteroatoms. The Labute approximate surface area is 139 Å². The SMILES string of the molecule is Cc1nn(C(=O)c2ccccc2)[n+](N=C([O-])c2ccccc2)c1C. The predicted octanol–water partition coefficient (Wildman–Crippen LogP) is 1.05. The van der Waals surface area contributed by atoms with Gasteiger partial charge in [0.15, 0.2) is 0 Å². The molecule has 24 heavy (non-hydrogen) atoms. The summed E-state index contributed by atoms with van der Waals surface area (Å²) in [5.41, 5.74) is 2.17. The fourth-order valence-electron chi connectivity index (χ4n) is 2.21. The molecule has 0 saturated heterocycles. The van der Waals surface area contributed by atoms with Crippen LogP contribution >= 0.6 is 0 Å². The van der Waals surface area contributed by atoms with Crippen LogP contribution in [-0.4, -0.2) is 21.7 Å². The molecule has 3 rings (SSSR count). The second-order valence-electron chi connectivity index (χ2n) is 5.29. The maximum absolute atomic E-state index is 12.7. The van der Waals surface area contributed by atoms with Crippen molar-refractivity contribution in [2.75, 3.05) is 0 Å². The normalized spacial score (nSPS) is 11.5. The number of nitrogens with zero attached hydrogens (tertiary/aromatic N) is 4. The van der Waals surface area contributed by atoms with Gasteiger partial charge in [-0.3, -0.25) is 4.79 Å². The lowest BCUT2D eigenvalue weighted by Gasteiger charge is -2.08. The van der Waals surface area contributed by atoms with Gasteiger partial charge in [-0.15, -0.1) is 0 Å². The van der Waals surface area contributed by atoms with Gasteiger partial charge in [-0.05, 0) is 22.5 Å². The van der Waals surface area contributed by atoms with Crippen LogP contribution < -0.4 is 9.90 Å². The van der Waals surface area contributed by atoms with E-state index in [1.165, 1.54) is 4.79 Å². The minimum Gasteiger partial charge on any atom is -0.856 e. The zero-order valence-electron chi connectivity index (χ0n) is 13.4. The molecule has 0 spiro atoms. The van der Waals surface area contributed by atoms with E-state index in [0.717, 1.165) is 4.80 Å². The smallest absolute Gasteiger partial charge is 0.339 e. The van der Waals surface area contributed by atoms with Crippen LogP contribution in [-0.2, 0) is 0 Å². The number of aryl methyl sites for hydroxylation is 1. The number of carbonyl (C=O) groups excluding carboxylic acids is 1. The summed E-state index contributed by atoms with van der Waals surface area (Å²) < 4.78 is 0. The molecule has 0 radical (unpaired) electrons. The molecule has 0 bridgehead atoms. The van der Waals surface area contributed by atoms with Crippen molar-refractivity contribution < 1.29 is 14.7 Å². The van der Waals surface area contributed by atoms with E-state index in [0.29, 0.717) is 22.5 Å². The summed E-state index contributed by atoms with van der Waals surface area (Å²) in [5.74, 6) is -0.790. The third kappa shape index (κ3) is 2.94. The summed E-state index contributed by atoms with van der Waals surface area (Å²) in [4.78, 5) is 15.0. The highest BCUT2D eigenvalue weighted by Gasteiger charge is 2.26. The highest BCUT2D eigenvalue weighted by Crippen LogP contribution is 2.04. The zero-order chi connectivity index (χ0) is 17.1. The largest absolute Gasteiger partial charge is 0.856 e. The molecule has 0 aliphatic rings. The van der Waals surface area contributed by atoms with Crippen molar-refractivity contribution in [1.29, 1.82) is 0 Å². The lowest BCUT2D eigenvalue weighted by Crippen LogP contribution is -2.47. The summed E-state index contributed by atoms with van der Waals surface area (Å²) in [7, 11) is 0. The summed E-state index contributed by atoms with van der Waals surface area (Å²) in [6.45, 7) is 3.53. The molecule has 0 saturated carbocycles. The summed E-state index contributed by atoms with van der Waals surface area (Å²) in [6, 6.07) is 17.4. The number of rotatable bonds is 3. The first-order valence-electron chi connectivity index (χ1n) is 7.47. The third-order valence-electron chi connectivity index (χ3n) is 3.66. The van der Waals surface area contributed by atoms with Crippen molar-refractivity contribution in [2.45, 2.75) is 13.8 Å². The molecule has 6 nitrogen and oxygen atoms in total. The van der Waals surface area contributed by atoms with Crippen LogP contribution in [0, 0.1) is 13.8 Å². The van der Waals surface area contributed by atoms with Crippen LogP contribution in [0.3, 0.4) is 0 Å². The molecule has 0 amide bonds. The molecular weight excluding hydrogens is 304 g/mol. The van der Waals surface area contributed by atoms with Crippen LogP contribution in [0.2, 0.25) is 0 Å². The summed E-state index contributed by atoms with van der Waals surface area (Å²) in [6.07, 6.45) is 0. The number of carbonyl (C=O) groups is 1. The monoisotopic (exact) mass is 320 g/mol. The Morgan fingerprint density at radius 2 is 1.54 bits per heavy atom. The van der Waals surface area contributed by atoms with Gasteiger partial charge in [0.05, 0.1) is 9.90 Å². The fraction of sp³-hybridized carbons (Fsp3) is 0.111. The molecular formula is C18H16N4O2. The molecule has 0 fully saturated rings. The van der Waals surface area contributed by atoms with Gasteiger partial charge in [0.1, 0.15) is 0 Å². The maximum Gasteiger partial charge on any atom is 0.339 e. The molecule has 0 N–H and O–H groups in total. The van der Waals surface area contributed by atoms with E-state index >= 15 is 0 Å². The van der Waals surface area contributed by atoms with Crippen LogP contribution in [0.1, 0.15) is 27.3 Å². The quantitative estimate of drug-likeness (QED) is 0.411. The molecule has 0 aliphatic carbocycles. The minimum absolute atomic E-state index is 0.351. The van der Waals surface area contributed by atoms with Gasteiger partial charge in [-0.2, -0.15) is 0 Å². The van der Waals surface area contributed by atoms with Crippen molar-refractivity contribution >= 4 is 11.8 Å². The highest BCUT2D eigenvalue weighted by molar-refractivity contribution is 5.94. The summed E-state index contributed by atoms with van der Waals surface area (Å²) in [5, 5.41) is 20.6. The number of hydrogen-bond acceptors (Lipinski definition) is 4. The molecule has 120 valence electrons. The van der Waals surface area contributed by atoms with Crippen LogP contribution in [0.15, 0.2) is 65.8 Å². The van der Waals surface area contributed by atoms with E-state index in [4.69, 9.17) is 0 Å². The molecule has 0 atom stereocenters. The molecule has 1 aromatic heterocycles. The molecule has 3 aromatic rings. The van der Waals surface area contributed by atoms with Gasteiger partial charge in [0.2, 0.25) is 11.4 Å². The van der Waals surface area contributed by atoms with E-state index in [1.807, 2.05) is 12.1 Å². The topological polar surface area (TPSA) is 74.2 Å². The van der Waals surface area contributed by atoms with Crippen molar-refractivity contribution in [1.82, 2.24) is 9.90 Å². The lowest BCUT2D eigenvalue weighted by atomic mass is 10.2. The van der Waals surface area contributed by atoms with Crippen LogP contribution in [0.25, 0.3) is 0 Å². The Kier molecular flexibility index (Phi) is 4.20. The maximum atomic E-state index is 12.7. The van der Waals surface area contributed by atoms with E-state index < -0.39 is 5.90 Å². The second kappa shape index (κ2) is 6.45. The van der Waals surface area contributed by atoms with Gasteiger partial charge in [0.25, 0.3) is 0 Å². The van der Waals surface area contributed by atoms with Gasteiger partial charge >= 0.3 is 5.91 Å². The van der Waals surface area contributed by atoms with Crippen molar-refractivity contribution in [3.63, 3.8) is 0 Å². The molecule has 0 unspecified atom stereocenters. The Morgan fingerprint density at radius 3 is 2.12 bits per heavy atom. The van der Waals surface area contributed by atoms with E-state index in [-0.39, 0.29) is 5.91 Å². The van der Waals surface area contributed by atoms with Gasteiger partial charge < -0.3 is 5.11 Å². The minimum atomic E-state index is -0.439. The van der Waals surface area contributed by atoms with Crippen LogP contribution in [0.5, 0.6) is 0 Å². The van der Waals surface area contributed by atoms with E-state index in [1.54, 1.807) is 62.4 Å². The molecule has 1 heterocycles. The summed E-state index contributed by atoms with van der Waals surface area (Å²) >= 11 is 0. The molecule has 2 aromatic carbocycles. The lowest BCUT2D eigenvalue weighted by molar-refractivity contribution is -0.759. The van der Waals surface area contributed by atoms with E-state index in [9.17, 15) is 9.90 Å². The Bertz CT molecular complexity index is 900. The number of aromatic nitrogens is 3. The van der Waals surface area contributed by atoms with Gasteiger partial charge in [0, 0.05) is 25.3 Å². The Balaban J connectivity index is 2.07. The first kappa shape index (κ1) is 15.6. The highest BCUT2D eigenvalue weighted by atomic mass is 16.3. The van der Waals surface area contributed by atoms with Gasteiger partial charge in [-0.1, -0.05) is 53.6 Å². The molecule has 0 aliphatic heterocycles. The van der Waals surface area contributed by atoms with Crippen LogP contribution in [0.4, 0.5) is 0 Å². The van der Waals surface area contributed by atoms with Crippen molar-refractivity contribution in [2.24, 2.45) is 5.10 Å². The van der Waals surface area contributed by atoms with Crippen molar-refractivity contribution in [3.05, 3.63) is 83.2 Å². The van der Waals surface area contributed by atoms with Crippen molar-refractivity contribution in [3.8, 4) is 0 Å². The standard InChI is InChI=1S/C18H16N4O2/c1-13-14(2)21(20-17(23)15-9-5-3-6-10-15)22(19-13)18(24)16-11-7-4-8-12-16/h3-12H,1-2H3. The third-order valence-corrected chi connectivity index (χ3v) is 3.66. The first-order chi connectivity index (χ1) is 11.6. The van der Waals surface area contributed by atoms with E-state index in [2.05, 4.69) is 10.2 Å². The predicted molar refractivity (Wildman–Crippen MR) is 86.4 cm³/mol. The Hall–Kier alpha value is -3.28. The van der Waals surface area contributed by atoms with Gasteiger partial charge in [-0.25, -0.2) is 0 Å². The zero-order valence-corrected chi connectivity index (χ0v) is 13.4. The Morgan fingerprint density at radius 1 is 1.00 bits per heavy atom. The number of hydrogen-bond donors (Lipinski definition) is 0. The first-order valence-corrected chi connectivity index (χ1v) is 7.47.